The van der Waals surface area contributed by atoms with Crippen LogP contribution in [0.1, 0.15) is 30.0 Å². The molecule has 0 fully saturated rings. The van der Waals surface area contributed by atoms with E-state index in [2.05, 4.69) is 9.97 Å². The largest absolute Gasteiger partial charge is 0.451 e. The maximum atomic E-state index is 12.7. The molecule has 144 valence electrons. The summed E-state index contributed by atoms with van der Waals surface area (Å²) >= 11 is 0. The van der Waals surface area contributed by atoms with Crippen molar-refractivity contribution in [2.24, 2.45) is 0 Å². The zero-order valence-corrected chi connectivity index (χ0v) is 14.7. The van der Waals surface area contributed by atoms with Gasteiger partial charge in [-0.1, -0.05) is 24.3 Å². The van der Waals surface area contributed by atoms with E-state index in [1.165, 1.54) is 25.1 Å². The number of esters is 1. The molecule has 0 radical (unpaired) electrons. The lowest BCUT2D eigenvalue weighted by Gasteiger charge is -2.11. The Morgan fingerprint density at radius 2 is 1.93 bits per heavy atom. The van der Waals surface area contributed by atoms with Crippen LogP contribution in [-0.2, 0) is 15.7 Å². The summed E-state index contributed by atoms with van der Waals surface area (Å²) in [6, 6.07) is 11.3. The van der Waals surface area contributed by atoms with Gasteiger partial charge in [-0.3, -0.25) is 4.79 Å². The Hall–Kier alpha value is -3.42. The molecule has 1 N–H and O–H groups in total. The van der Waals surface area contributed by atoms with E-state index >= 15 is 0 Å². The highest BCUT2D eigenvalue weighted by atomic mass is 19.4. The summed E-state index contributed by atoms with van der Waals surface area (Å²) in [6.07, 6.45) is -3.07. The van der Waals surface area contributed by atoms with E-state index in [1.54, 1.807) is 24.3 Å². The van der Waals surface area contributed by atoms with Crippen LogP contribution in [0.5, 0.6) is 0 Å². The number of hydrogen-bond donors (Lipinski definition) is 1. The van der Waals surface area contributed by atoms with E-state index in [-0.39, 0.29) is 16.9 Å². The predicted molar refractivity (Wildman–Crippen MR) is 97.3 cm³/mol. The van der Waals surface area contributed by atoms with Crippen LogP contribution in [-0.4, -0.2) is 15.9 Å². The Morgan fingerprint density at radius 3 is 2.68 bits per heavy atom. The van der Waals surface area contributed by atoms with E-state index < -0.39 is 23.8 Å². The van der Waals surface area contributed by atoms with E-state index in [9.17, 15) is 22.8 Å². The lowest BCUT2D eigenvalue weighted by molar-refractivity contribution is -0.142. The number of aromatic nitrogens is 2. The van der Waals surface area contributed by atoms with E-state index in [1.807, 2.05) is 0 Å². The van der Waals surface area contributed by atoms with Gasteiger partial charge in [0.05, 0.1) is 16.5 Å². The molecular formula is C20H15F3N2O3. The second-order valence-electron chi connectivity index (χ2n) is 6.00. The van der Waals surface area contributed by atoms with Crippen molar-refractivity contribution in [3.63, 3.8) is 0 Å². The lowest BCUT2D eigenvalue weighted by atomic mass is 10.1. The molecule has 0 aliphatic heterocycles. The molecule has 3 rings (SSSR count). The van der Waals surface area contributed by atoms with Gasteiger partial charge in [0.2, 0.25) is 0 Å². The number of benzene rings is 2. The number of halogens is 3. The number of carbonyl (C=O) groups excluding carboxylic acids is 1. The van der Waals surface area contributed by atoms with Crippen LogP contribution in [0.3, 0.4) is 0 Å². The van der Waals surface area contributed by atoms with Crippen molar-refractivity contribution in [1.82, 2.24) is 9.97 Å². The molecule has 28 heavy (non-hydrogen) atoms. The van der Waals surface area contributed by atoms with E-state index in [0.29, 0.717) is 10.9 Å². The molecular weight excluding hydrogens is 373 g/mol. The normalized spacial score (nSPS) is 13.0. The van der Waals surface area contributed by atoms with E-state index in [0.717, 1.165) is 18.2 Å². The maximum Gasteiger partial charge on any atom is 0.416 e. The molecule has 0 saturated carbocycles. The molecule has 0 saturated heterocycles. The van der Waals surface area contributed by atoms with Gasteiger partial charge in [0, 0.05) is 6.08 Å². The minimum absolute atomic E-state index is 0.171. The van der Waals surface area contributed by atoms with Gasteiger partial charge in [-0.25, -0.2) is 9.78 Å². The summed E-state index contributed by atoms with van der Waals surface area (Å²) in [4.78, 5) is 30.9. The third-order valence-corrected chi connectivity index (χ3v) is 3.93. The molecule has 3 aromatic rings. The zero-order chi connectivity index (χ0) is 20.3. The first-order valence-electron chi connectivity index (χ1n) is 8.29. The molecule has 1 aromatic heterocycles. The summed E-state index contributed by atoms with van der Waals surface area (Å²) in [5.41, 5.74) is -0.502. The minimum atomic E-state index is -4.47. The molecule has 2 aromatic carbocycles. The van der Waals surface area contributed by atoms with Crippen molar-refractivity contribution >= 4 is 22.9 Å². The number of nitrogens with zero attached hydrogens (tertiary/aromatic N) is 1. The number of carbonyl (C=O) groups is 1. The van der Waals surface area contributed by atoms with Gasteiger partial charge in [0.15, 0.2) is 11.9 Å². The van der Waals surface area contributed by atoms with Gasteiger partial charge in [-0.2, -0.15) is 13.2 Å². The summed E-state index contributed by atoms with van der Waals surface area (Å²) in [5, 5.41) is 0.411. The van der Waals surface area contributed by atoms with Crippen LogP contribution in [0.25, 0.3) is 17.0 Å². The van der Waals surface area contributed by atoms with Crippen LogP contribution >= 0.6 is 0 Å². The molecule has 0 spiro atoms. The van der Waals surface area contributed by atoms with Crippen molar-refractivity contribution in [2.75, 3.05) is 0 Å². The van der Waals surface area contributed by atoms with Gasteiger partial charge >= 0.3 is 12.1 Å². The highest BCUT2D eigenvalue weighted by Gasteiger charge is 2.30. The number of aromatic amines is 1. The second-order valence-corrected chi connectivity index (χ2v) is 6.00. The third-order valence-electron chi connectivity index (χ3n) is 3.93. The first-order valence-corrected chi connectivity index (χ1v) is 8.29. The van der Waals surface area contributed by atoms with Crippen LogP contribution in [0, 0.1) is 0 Å². The van der Waals surface area contributed by atoms with Gasteiger partial charge < -0.3 is 9.72 Å². The minimum Gasteiger partial charge on any atom is -0.451 e. The third kappa shape index (κ3) is 4.46. The molecule has 0 unspecified atom stereocenters. The zero-order valence-electron chi connectivity index (χ0n) is 14.7. The monoisotopic (exact) mass is 388 g/mol. The topological polar surface area (TPSA) is 72.0 Å². The van der Waals surface area contributed by atoms with Gasteiger partial charge in [-0.15, -0.1) is 0 Å². The number of rotatable bonds is 4. The second kappa shape index (κ2) is 7.67. The number of H-pyrrole nitrogens is 1. The average Bonchev–Trinajstić information content (AvgIpc) is 2.66. The number of fused-ring (bicyclic) bond motifs is 1. The smallest absolute Gasteiger partial charge is 0.416 e. The standard InChI is InChI=1S/C20H15F3N2O3/c1-12(18-24-16-8-3-2-7-15(16)19(27)25-18)28-17(26)10-9-13-5-4-6-14(11-13)20(21,22)23/h2-12H,1H3,(H,24,25,27)/b10-9+/t12-/m0/s1. The van der Waals surface area contributed by atoms with Crippen molar-refractivity contribution < 1.29 is 22.7 Å². The fraction of sp³-hybridized carbons (Fsp3) is 0.150. The summed E-state index contributed by atoms with van der Waals surface area (Å²) in [7, 11) is 0. The molecule has 5 nitrogen and oxygen atoms in total. The molecule has 1 heterocycles. The van der Waals surface area contributed by atoms with Crippen molar-refractivity contribution in [2.45, 2.75) is 19.2 Å². The lowest BCUT2D eigenvalue weighted by Crippen LogP contribution is -2.16. The van der Waals surface area contributed by atoms with Crippen LogP contribution in [0.4, 0.5) is 13.2 Å². The Morgan fingerprint density at radius 1 is 1.18 bits per heavy atom. The van der Waals surface area contributed by atoms with Crippen LogP contribution in [0.2, 0.25) is 0 Å². The number of alkyl halides is 3. The highest BCUT2D eigenvalue weighted by molar-refractivity contribution is 5.87. The van der Waals surface area contributed by atoms with Gasteiger partial charge in [0.25, 0.3) is 5.56 Å². The summed E-state index contributed by atoms with van der Waals surface area (Å²) < 4.78 is 43.3. The number of ether oxygens (including phenoxy) is 1. The SMILES string of the molecule is C[C@H](OC(=O)/C=C/c1cccc(C(F)(F)F)c1)c1nc2ccccc2c(=O)[nH]1. The number of hydrogen-bond acceptors (Lipinski definition) is 4. The number of nitrogens with one attached hydrogen (secondary N) is 1. The number of para-hydroxylation sites is 1. The molecule has 0 aliphatic rings. The van der Waals surface area contributed by atoms with Crippen molar-refractivity contribution in [1.29, 1.82) is 0 Å². The summed E-state index contributed by atoms with van der Waals surface area (Å²) in [5.74, 6) is -0.606. The van der Waals surface area contributed by atoms with E-state index in [4.69, 9.17) is 4.74 Å². The highest BCUT2D eigenvalue weighted by Crippen LogP contribution is 2.29. The predicted octanol–water partition coefficient (Wildman–Crippen LogP) is 4.26. The average molecular weight is 388 g/mol. The fourth-order valence-electron chi connectivity index (χ4n) is 2.55. The molecule has 1 atom stereocenters. The molecule has 8 heteroatoms. The Kier molecular flexibility index (Phi) is 5.30. The summed E-state index contributed by atoms with van der Waals surface area (Å²) in [6.45, 7) is 1.53. The quantitative estimate of drug-likeness (QED) is 0.536. The maximum absolute atomic E-state index is 12.7. The van der Waals surface area contributed by atoms with Gasteiger partial charge in [-0.05, 0) is 42.8 Å². The fourth-order valence-corrected chi connectivity index (χ4v) is 2.55. The molecule has 0 bridgehead atoms. The Bertz CT molecular complexity index is 1100. The van der Waals surface area contributed by atoms with Crippen LogP contribution in [0.15, 0.2) is 59.4 Å². The first kappa shape index (κ1) is 19.3. The van der Waals surface area contributed by atoms with Gasteiger partial charge in [0.1, 0.15) is 0 Å². The molecule has 0 amide bonds. The van der Waals surface area contributed by atoms with Crippen LogP contribution < -0.4 is 5.56 Å². The Labute approximate surface area is 157 Å². The molecule has 0 aliphatic carbocycles. The van der Waals surface area contributed by atoms with Crippen molar-refractivity contribution in [3.8, 4) is 0 Å². The first-order chi connectivity index (χ1) is 13.2. The van der Waals surface area contributed by atoms with Crippen molar-refractivity contribution in [3.05, 3.63) is 81.9 Å². The Balaban J connectivity index is 1.73.